The topological polar surface area (TPSA) is 77.2 Å². The number of amides is 1. The quantitative estimate of drug-likeness (QED) is 0.786. The first-order chi connectivity index (χ1) is 11.6. The molecule has 1 aliphatic carbocycles. The molecule has 0 spiro atoms. The van der Waals surface area contributed by atoms with Crippen molar-refractivity contribution in [3.05, 3.63) is 28.6 Å². The second kappa shape index (κ2) is 8.85. The average molecular weight is 402 g/mol. The fourth-order valence-electron chi connectivity index (χ4n) is 3.15. The summed E-state index contributed by atoms with van der Waals surface area (Å²) in [5, 5.41) is 5.97. The molecule has 0 aliphatic heterocycles. The number of thiazole rings is 1. The van der Waals surface area contributed by atoms with Crippen molar-refractivity contribution in [3.8, 4) is 17.0 Å². The Morgan fingerprint density at radius 2 is 2.28 bits per heavy atom. The number of rotatable bonds is 5. The lowest BCUT2D eigenvalue weighted by molar-refractivity contribution is -0.120. The van der Waals surface area contributed by atoms with E-state index in [1.54, 1.807) is 13.2 Å². The number of aromatic nitrogens is 1. The van der Waals surface area contributed by atoms with E-state index in [0.717, 1.165) is 30.5 Å². The van der Waals surface area contributed by atoms with Crippen LogP contribution in [-0.2, 0) is 4.79 Å². The molecule has 2 atom stereocenters. The summed E-state index contributed by atoms with van der Waals surface area (Å²) in [5.41, 5.74) is 7.42. The third-order valence-corrected chi connectivity index (χ3v) is 5.53. The van der Waals surface area contributed by atoms with Gasteiger partial charge in [-0.05, 0) is 43.5 Å². The first-order valence-electron chi connectivity index (χ1n) is 7.92. The van der Waals surface area contributed by atoms with E-state index in [-0.39, 0.29) is 30.2 Å². The van der Waals surface area contributed by atoms with Gasteiger partial charge in [-0.15, -0.1) is 23.7 Å². The van der Waals surface area contributed by atoms with Crippen molar-refractivity contribution >= 4 is 46.4 Å². The third-order valence-electron chi connectivity index (χ3n) is 4.48. The smallest absolute Gasteiger partial charge is 0.229 e. The molecule has 1 fully saturated rings. The largest absolute Gasteiger partial charge is 0.495 e. The molecule has 5 nitrogen and oxygen atoms in total. The molecule has 0 unspecified atom stereocenters. The summed E-state index contributed by atoms with van der Waals surface area (Å²) in [5.74, 6) is 0.928. The Balaban J connectivity index is 0.00000225. The van der Waals surface area contributed by atoms with E-state index in [9.17, 15) is 4.79 Å². The lowest BCUT2D eigenvalue weighted by Crippen LogP contribution is -2.29. The molecule has 136 valence electrons. The van der Waals surface area contributed by atoms with Crippen LogP contribution in [0.5, 0.6) is 5.75 Å². The number of carbonyl (C=O) groups excluding carboxylic acids is 1. The summed E-state index contributed by atoms with van der Waals surface area (Å²) in [6.45, 7) is 0.561. The number of carbonyl (C=O) groups is 1. The number of anilines is 1. The molecule has 0 bridgehead atoms. The molecule has 8 heteroatoms. The van der Waals surface area contributed by atoms with Crippen LogP contribution in [0.3, 0.4) is 0 Å². The first kappa shape index (κ1) is 20.0. The van der Waals surface area contributed by atoms with E-state index in [1.165, 1.54) is 11.3 Å². The van der Waals surface area contributed by atoms with E-state index >= 15 is 0 Å². The second-order valence-electron chi connectivity index (χ2n) is 5.91. The highest BCUT2D eigenvalue weighted by Crippen LogP contribution is 2.34. The standard InChI is InChI=1S/C17H20ClN3O2S.ClH/c1-23-15-6-5-10(7-13(15)18)14-9-24-17(20-14)21-16(22)12-4-2-3-11(12)8-19;/h5-7,9,11-12H,2-4,8,19H2,1H3,(H,20,21,22);1H/t11-,12-;/m1./s1. The van der Waals surface area contributed by atoms with E-state index in [2.05, 4.69) is 10.3 Å². The Morgan fingerprint density at radius 1 is 1.48 bits per heavy atom. The van der Waals surface area contributed by atoms with Gasteiger partial charge in [-0.2, -0.15) is 0 Å². The van der Waals surface area contributed by atoms with Crippen molar-refractivity contribution in [2.75, 3.05) is 19.0 Å². The predicted octanol–water partition coefficient (Wildman–Crippen LogP) is 4.21. The van der Waals surface area contributed by atoms with E-state index < -0.39 is 0 Å². The number of hydrogen-bond acceptors (Lipinski definition) is 5. The van der Waals surface area contributed by atoms with Crippen molar-refractivity contribution in [2.45, 2.75) is 19.3 Å². The molecule has 1 aromatic heterocycles. The van der Waals surface area contributed by atoms with Gasteiger partial charge in [-0.1, -0.05) is 18.0 Å². The van der Waals surface area contributed by atoms with Gasteiger partial charge in [0.25, 0.3) is 0 Å². The van der Waals surface area contributed by atoms with Crippen LogP contribution in [0, 0.1) is 11.8 Å². The third kappa shape index (κ3) is 4.44. The molecule has 1 aromatic carbocycles. The van der Waals surface area contributed by atoms with Crippen molar-refractivity contribution < 1.29 is 9.53 Å². The molecule has 0 saturated heterocycles. The second-order valence-corrected chi connectivity index (χ2v) is 7.17. The maximum atomic E-state index is 12.4. The van der Waals surface area contributed by atoms with Crippen LogP contribution in [-0.4, -0.2) is 24.5 Å². The van der Waals surface area contributed by atoms with Gasteiger partial charge >= 0.3 is 0 Å². The monoisotopic (exact) mass is 401 g/mol. The van der Waals surface area contributed by atoms with E-state index in [1.807, 2.05) is 17.5 Å². The molecule has 3 N–H and O–H groups in total. The average Bonchev–Trinajstić information content (AvgIpc) is 3.23. The first-order valence-corrected chi connectivity index (χ1v) is 9.18. The summed E-state index contributed by atoms with van der Waals surface area (Å²) in [4.78, 5) is 16.9. The lowest BCUT2D eigenvalue weighted by atomic mass is 9.95. The van der Waals surface area contributed by atoms with Gasteiger partial charge in [0.05, 0.1) is 17.8 Å². The number of halogens is 2. The number of benzene rings is 1. The number of nitrogens with two attached hydrogens (primary N) is 1. The normalized spacial score (nSPS) is 19.3. The molecular weight excluding hydrogens is 381 g/mol. The fourth-order valence-corrected chi connectivity index (χ4v) is 4.13. The Bertz CT molecular complexity index is 738. The zero-order chi connectivity index (χ0) is 17.1. The van der Waals surface area contributed by atoms with E-state index in [4.69, 9.17) is 22.1 Å². The number of hydrogen-bond donors (Lipinski definition) is 2. The molecule has 1 saturated carbocycles. The Hall–Kier alpha value is -1.34. The molecule has 1 amide bonds. The van der Waals surface area contributed by atoms with Crippen LogP contribution < -0.4 is 15.8 Å². The molecule has 1 heterocycles. The van der Waals surface area contributed by atoms with Crippen LogP contribution in [0.15, 0.2) is 23.6 Å². The predicted molar refractivity (Wildman–Crippen MR) is 105 cm³/mol. The molecule has 0 radical (unpaired) electrons. The van der Waals surface area contributed by atoms with Crippen molar-refractivity contribution in [1.29, 1.82) is 0 Å². The molecular formula is C17H21Cl2N3O2S. The van der Waals surface area contributed by atoms with Crippen molar-refractivity contribution in [3.63, 3.8) is 0 Å². The highest BCUT2D eigenvalue weighted by atomic mass is 35.5. The highest BCUT2D eigenvalue weighted by Gasteiger charge is 2.32. The lowest BCUT2D eigenvalue weighted by Gasteiger charge is -2.16. The van der Waals surface area contributed by atoms with Gasteiger partial charge in [-0.25, -0.2) is 4.98 Å². The summed E-state index contributed by atoms with van der Waals surface area (Å²) in [6.07, 6.45) is 3.00. The highest BCUT2D eigenvalue weighted by molar-refractivity contribution is 7.14. The maximum absolute atomic E-state index is 12.4. The van der Waals surface area contributed by atoms with Gasteiger partial charge in [0.15, 0.2) is 5.13 Å². The molecule has 2 aromatic rings. The minimum atomic E-state index is -0.00205. The zero-order valence-corrected chi connectivity index (χ0v) is 16.2. The SMILES string of the molecule is COc1ccc(-c2csc(NC(=O)[C@@H]3CCC[C@@H]3CN)n2)cc1Cl.Cl. The Morgan fingerprint density at radius 3 is 2.96 bits per heavy atom. The summed E-state index contributed by atoms with van der Waals surface area (Å²) < 4.78 is 5.15. The number of nitrogens with one attached hydrogen (secondary N) is 1. The van der Waals surface area contributed by atoms with Crippen LogP contribution in [0.4, 0.5) is 5.13 Å². The van der Waals surface area contributed by atoms with E-state index in [0.29, 0.717) is 22.4 Å². The summed E-state index contributed by atoms with van der Waals surface area (Å²) in [7, 11) is 1.58. The van der Waals surface area contributed by atoms with Gasteiger partial charge in [0.2, 0.25) is 5.91 Å². The number of ether oxygens (including phenoxy) is 1. The molecule has 25 heavy (non-hydrogen) atoms. The molecule has 1 aliphatic rings. The summed E-state index contributed by atoms with van der Waals surface area (Å²) >= 11 is 7.57. The van der Waals surface area contributed by atoms with Crippen LogP contribution in [0.25, 0.3) is 11.3 Å². The van der Waals surface area contributed by atoms with Crippen molar-refractivity contribution in [1.82, 2.24) is 4.98 Å². The fraction of sp³-hybridized carbons (Fsp3) is 0.412. The van der Waals surface area contributed by atoms with Gasteiger partial charge < -0.3 is 15.8 Å². The van der Waals surface area contributed by atoms with Crippen LogP contribution in [0.2, 0.25) is 5.02 Å². The number of nitrogens with zero attached hydrogens (tertiary/aromatic N) is 1. The van der Waals surface area contributed by atoms with Gasteiger partial charge in [0, 0.05) is 16.9 Å². The van der Waals surface area contributed by atoms with Gasteiger partial charge in [-0.3, -0.25) is 4.79 Å². The molecule has 3 rings (SSSR count). The van der Waals surface area contributed by atoms with Crippen LogP contribution in [0.1, 0.15) is 19.3 Å². The Kier molecular flexibility index (Phi) is 7.07. The van der Waals surface area contributed by atoms with Crippen LogP contribution >= 0.6 is 35.3 Å². The van der Waals surface area contributed by atoms with Gasteiger partial charge in [0.1, 0.15) is 5.75 Å². The minimum absolute atomic E-state index is 0. The maximum Gasteiger partial charge on any atom is 0.229 e. The Labute approximate surface area is 162 Å². The number of methoxy groups -OCH3 is 1. The summed E-state index contributed by atoms with van der Waals surface area (Å²) in [6, 6.07) is 5.51. The minimum Gasteiger partial charge on any atom is -0.495 e. The van der Waals surface area contributed by atoms with Crippen molar-refractivity contribution in [2.24, 2.45) is 17.6 Å². The zero-order valence-electron chi connectivity index (χ0n) is 13.8.